The van der Waals surface area contributed by atoms with E-state index in [1.165, 1.54) is 0 Å². The Morgan fingerprint density at radius 2 is 1.69 bits per heavy atom. The van der Waals surface area contributed by atoms with Crippen LogP contribution in [0.5, 0.6) is 0 Å². The Labute approximate surface area is 210 Å². The molecule has 0 spiro atoms. The van der Waals surface area contributed by atoms with Gasteiger partial charge in [-0.05, 0) is 63.2 Å². The summed E-state index contributed by atoms with van der Waals surface area (Å²) in [5, 5.41) is 6.96. The first-order chi connectivity index (χ1) is 16.2. The highest BCUT2D eigenvalue weighted by Gasteiger charge is 2.40. The molecule has 0 radical (unpaired) electrons. The van der Waals surface area contributed by atoms with E-state index in [-0.39, 0.29) is 29.0 Å². The number of ether oxygens (including phenoxy) is 2. The van der Waals surface area contributed by atoms with Crippen LogP contribution in [-0.2, 0) is 20.3 Å². The molecule has 1 aliphatic rings. The Morgan fingerprint density at radius 1 is 1.06 bits per heavy atom. The van der Waals surface area contributed by atoms with E-state index in [1.807, 2.05) is 30.3 Å². The second-order valence-electron chi connectivity index (χ2n) is 12.0. The summed E-state index contributed by atoms with van der Waals surface area (Å²) in [5.41, 5.74) is 1.03. The van der Waals surface area contributed by atoms with E-state index in [4.69, 9.17) is 13.9 Å². The van der Waals surface area contributed by atoms with Gasteiger partial charge in [0.15, 0.2) is 14.0 Å². The molecule has 0 amide bonds. The predicted octanol–water partition coefficient (Wildman–Crippen LogP) is 6.24. The number of hydrogen-bond acceptors (Lipinski definition) is 6. The first-order valence-electron chi connectivity index (χ1n) is 12.4. The van der Waals surface area contributed by atoms with Crippen molar-refractivity contribution >= 4 is 20.3 Å². The van der Waals surface area contributed by atoms with Gasteiger partial charge in [0.1, 0.15) is 11.3 Å². The summed E-state index contributed by atoms with van der Waals surface area (Å²) in [4.78, 5) is 26.1. The number of benzene rings is 1. The highest BCUT2D eigenvalue weighted by atomic mass is 28.4. The average molecular weight is 501 g/mol. The summed E-state index contributed by atoms with van der Waals surface area (Å²) < 4.78 is 18.0. The SMILES string of the molecule is CC(C)(C)OC(=O)c1n[nH]c(C(=O)OCC2CC2)c1CC(O[Si](C)(C)C(C)(C)C)c1ccccc1. The molecule has 7 nitrogen and oxygen atoms in total. The molecule has 1 aliphatic carbocycles. The summed E-state index contributed by atoms with van der Waals surface area (Å²) in [6, 6.07) is 9.91. The number of nitrogens with zero attached hydrogens (tertiary/aromatic N) is 1. The Morgan fingerprint density at radius 3 is 2.23 bits per heavy atom. The van der Waals surface area contributed by atoms with Crippen molar-refractivity contribution in [1.82, 2.24) is 10.2 Å². The lowest BCUT2D eigenvalue weighted by Crippen LogP contribution is -2.42. The maximum absolute atomic E-state index is 13.1. The van der Waals surface area contributed by atoms with Crippen molar-refractivity contribution in [1.29, 1.82) is 0 Å². The lowest BCUT2D eigenvalue weighted by molar-refractivity contribution is 0.00610. The molecule has 0 aliphatic heterocycles. The zero-order chi connectivity index (χ0) is 26.0. The van der Waals surface area contributed by atoms with Gasteiger partial charge in [0.2, 0.25) is 0 Å². The summed E-state index contributed by atoms with van der Waals surface area (Å²) in [5.74, 6) is -0.660. The topological polar surface area (TPSA) is 90.5 Å². The van der Waals surface area contributed by atoms with Crippen LogP contribution in [-0.4, -0.2) is 42.7 Å². The number of esters is 2. The van der Waals surface area contributed by atoms with Gasteiger partial charge in [-0.15, -0.1) is 0 Å². The third-order valence-electron chi connectivity index (χ3n) is 6.61. The molecule has 192 valence electrons. The third-order valence-corrected chi connectivity index (χ3v) is 11.1. The number of rotatable bonds is 9. The first-order valence-corrected chi connectivity index (χ1v) is 15.3. The molecular formula is C27H40N2O5Si. The minimum Gasteiger partial charge on any atom is -0.461 e. The second-order valence-corrected chi connectivity index (χ2v) is 16.7. The number of aromatic nitrogens is 2. The van der Waals surface area contributed by atoms with E-state index in [0.29, 0.717) is 18.1 Å². The van der Waals surface area contributed by atoms with Crippen LogP contribution in [0.25, 0.3) is 0 Å². The number of carbonyl (C=O) groups excluding carboxylic acids is 2. The number of H-pyrrole nitrogens is 1. The molecular weight excluding hydrogens is 460 g/mol. The minimum absolute atomic E-state index is 0.0174. The molecule has 1 N–H and O–H groups in total. The van der Waals surface area contributed by atoms with Gasteiger partial charge in [0.25, 0.3) is 0 Å². The largest absolute Gasteiger partial charge is 0.461 e. The Kier molecular flexibility index (Phi) is 7.96. The zero-order valence-electron chi connectivity index (χ0n) is 22.4. The molecule has 1 atom stereocenters. The van der Waals surface area contributed by atoms with Crippen molar-refractivity contribution in [3.63, 3.8) is 0 Å². The fraction of sp³-hybridized carbons (Fsp3) is 0.593. The van der Waals surface area contributed by atoms with Gasteiger partial charge >= 0.3 is 11.9 Å². The molecule has 1 aromatic carbocycles. The molecule has 0 saturated heterocycles. The molecule has 1 fully saturated rings. The minimum atomic E-state index is -2.20. The van der Waals surface area contributed by atoms with Crippen molar-refractivity contribution in [2.75, 3.05) is 6.61 Å². The molecule has 2 aromatic rings. The van der Waals surface area contributed by atoms with Crippen molar-refractivity contribution in [2.24, 2.45) is 5.92 Å². The van der Waals surface area contributed by atoms with E-state index in [9.17, 15) is 9.59 Å². The van der Waals surface area contributed by atoms with Gasteiger partial charge < -0.3 is 13.9 Å². The van der Waals surface area contributed by atoms with E-state index >= 15 is 0 Å². The maximum atomic E-state index is 13.1. The lowest BCUT2D eigenvalue weighted by Gasteiger charge is -2.39. The van der Waals surface area contributed by atoms with Crippen LogP contribution in [0.1, 0.15) is 92.6 Å². The van der Waals surface area contributed by atoms with Crippen molar-refractivity contribution in [3.05, 3.63) is 52.8 Å². The second kappa shape index (κ2) is 10.3. The standard InChI is InChI=1S/C27H40N2O5Si/c1-26(2,3)33-25(31)23-20(22(28-29-23)24(30)32-17-18-14-15-18)16-21(19-12-10-9-11-13-19)34-35(7,8)27(4,5)6/h9-13,18,21H,14-17H2,1-8H3,(H,28,29). The number of hydrogen-bond donors (Lipinski definition) is 1. The van der Waals surface area contributed by atoms with E-state index in [2.05, 4.69) is 44.1 Å². The third kappa shape index (κ3) is 7.27. The van der Waals surface area contributed by atoms with Crippen molar-refractivity contribution < 1.29 is 23.5 Å². The zero-order valence-corrected chi connectivity index (χ0v) is 23.4. The molecule has 1 aromatic heterocycles. The summed E-state index contributed by atoms with van der Waals surface area (Å²) in [6.07, 6.45) is 2.06. The fourth-order valence-electron chi connectivity index (χ4n) is 3.39. The van der Waals surface area contributed by atoms with Crippen LogP contribution in [0.15, 0.2) is 30.3 Å². The Balaban J connectivity index is 2.00. The quantitative estimate of drug-likeness (QED) is 0.324. The molecule has 1 unspecified atom stereocenters. The Bertz CT molecular complexity index is 1030. The molecule has 3 rings (SSSR count). The van der Waals surface area contributed by atoms with Gasteiger partial charge in [-0.25, -0.2) is 9.59 Å². The van der Waals surface area contributed by atoms with Crippen molar-refractivity contribution in [2.45, 2.75) is 90.6 Å². The van der Waals surface area contributed by atoms with Gasteiger partial charge in [-0.2, -0.15) is 5.10 Å². The van der Waals surface area contributed by atoms with Crippen LogP contribution < -0.4 is 0 Å². The van der Waals surface area contributed by atoms with Gasteiger partial charge in [-0.3, -0.25) is 5.10 Å². The normalized spacial score (nSPS) is 15.5. The lowest BCUT2D eigenvalue weighted by atomic mass is 9.99. The van der Waals surface area contributed by atoms with Crippen LogP contribution in [0, 0.1) is 5.92 Å². The fourth-order valence-corrected chi connectivity index (χ4v) is 4.68. The van der Waals surface area contributed by atoms with Crippen LogP contribution >= 0.6 is 0 Å². The van der Waals surface area contributed by atoms with Gasteiger partial charge in [0.05, 0.1) is 12.7 Å². The number of nitrogens with one attached hydrogen (secondary N) is 1. The molecule has 1 heterocycles. The Hall–Kier alpha value is -2.45. The van der Waals surface area contributed by atoms with E-state index in [1.54, 1.807) is 20.8 Å². The molecule has 1 saturated carbocycles. The monoisotopic (exact) mass is 500 g/mol. The number of aromatic amines is 1. The summed E-state index contributed by atoms with van der Waals surface area (Å²) in [7, 11) is -2.20. The molecule has 0 bridgehead atoms. The predicted molar refractivity (Wildman–Crippen MR) is 138 cm³/mol. The number of carbonyl (C=O) groups is 2. The van der Waals surface area contributed by atoms with E-state index in [0.717, 1.165) is 18.4 Å². The van der Waals surface area contributed by atoms with Gasteiger partial charge in [-0.1, -0.05) is 51.1 Å². The smallest absolute Gasteiger partial charge is 0.359 e. The maximum Gasteiger partial charge on any atom is 0.359 e. The highest BCUT2D eigenvalue weighted by molar-refractivity contribution is 6.74. The first kappa shape index (κ1) is 27.1. The van der Waals surface area contributed by atoms with E-state index < -0.39 is 25.9 Å². The van der Waals surface area contributed by atoms with Crippen LogP contribution in [0.3, 0.4) is 0 Å². The molecule has 8 heteroatoms. The highest BCUT2D eigenvalue weighted by Crippen LogP contribution is 2.41. The molecule has 35 heavy (non-hydrogen) atoms. The van der Waals surface area contributed by atoms with Gasteiger partial charge in [0, 0.05) is 12.0 Å². The summed E-state index contributed by atoms with van der Waals surface area (Å²) >= 11 is 0. The van der Waals surface area contributed by atoms with Crippen LogP contribution in [0.4, 0.5) is 0 Å². The van der Waals surface area contributed by atoms with Crippen molar-refractivity contribution in [3.8, 4) is 0 Å². The average Bonchev–Trinajstić information content (AvgIpc) is 3.48. The summed E-state index contributed by atoms with van der Waals surface area (Å²) in [6.45, 7) is 16.7. The van der Waals surface area contributed by atoms with Crippen LogP contribution in [0.2, 0.25) is 18.1 Å².